The van der Waals surface area contributed by atoms with Crippen molar-refractivity contribution in [3.63, 3.8) is 0 Å². The Bertz CT molecular complexity index is 523. The zero-order valence-corrected chi connectivity index (χ0v) is 10.5. The summed E-state index contributed by atoms with van der Waals surface area (Å²) in [6.45, 7) is 0.675. The van der Waals surface area contributed by atoms with Gasteiger partial charge in [-0.05, 0) is 31.4 Å². The van der Waals surface area contributed by atoms with E-state index in [4.69, 9.17) is 14.3 Å². The summed E-state index contributed by atoms with van der Waals surface area (Å²) in [6.07, 6.45) is 2.21. The molecule has 0 spiro atoms. The van der Waals surface area contributed by atoms with Crippen LogP contribution < -0.4 is 0 Å². The molecule has 1 unspecified atom stereocenters. The van der Waals surface area contributed by atoms with Gasteiger partial charge in [0.2, 0.25) is 20.7 Å². The number of carboxylic acids is 1. The molecule has 1 atom stereocenters. The van der Waals surface area contributed by atoms with Crippen molar-refractivity contribution >= 4 is 15.8 Å². The number of hydrogen-bond donors (Lipinski definition) is 1. The topological polar surface area (TPSA) is 93.8 Å². The predicted octanol–water partition coefficient (Wildman–Crippen LogP) is 1.32. The number of aromatic carboxylic acids is 1. The molecule has 2 rings (SSSR count). The average Bonchev–Trinajstić information content (AvgIpc) is 2.98. The van der Waals surface area contributed by atoms with E-state index in [0.29, 0.717) is 13.0 Å². The Morgan fingerprint density at radius 2 is 2.22 bits per heavy atom. The smallest absolute Gasteiger partial charge is 0.371 e. The molecular weight excluding hydrogens is 260 g/mol. The fourth-order valence-corrected chi connectivity index (χ4v) is 3.13. The fourth-order valence-electron chi connectivity index (χ4n) is 1.86. The molecule has 0 saturated carbocycles. The average molecular weight is 274 g/mol. The normalized spacial score (nSPS) is 20.1. The minimum absolute atomic E-state index is 0.0197. The molecule has 1 aliphatic rings. The minimum atomic E-state index is -3.57. The molecule has 1 aromatic rings. The second-order valence-corrected chi connectivity index (χ2v) is 6.21. The third-order valence-corrected chi connectivity index (χ3v) is 4.44. The fraction of sp³-hybridized carbons (Fsp3) is 0.545. The number of carbonyl (C=O) groups is 1. The first-order chi connectivity index (χ1) is 8.49. The lowest BCUT2D eigenvalue weighted by Crippen LogP contribution is -2.14. The summed E-state index contributed by atoms with van der Waals surface area (Å²) in [5.41, 5.74) is 0. The van der Waals surface area contributed by atoms with E-state index < -0.39 is 15.8 Å². The highest BCUT2D eigenvalue weighted by Gasteiger charge is 2.24. The van der Waals surface area contributed by atoms with Crippen molar-refractivity contribution in [2.45, 2.75) is 30.5 Å². The van der Waals surface area contributed by atoms with E-state index in [1.807, 2.05) is 0 Å². The van der Waals surface area contributed by atoms with Crippen molar-refractivity contribution in [2.75, 3.05) is 12.4 Å². The standard InChI is InChI=1S/C11H14O6S/c12-11(13)9-3-4-10(17-9)18(14,15)7-5-8-2-1-6-16-8/h3-4,8H,1-2,5-7H2,(H,12,13). The van der Waals surface area contributed by atoms with Crippen LogP contribution in [0.25, 0.3) is 0 Å². The van der Waals surface area contributed by atoms with Crippen LogP contribution in [-0.2, 0) is 14.6 Å². The third-order valence-electron chi connectivity index (χ3n) is 2.83. The Morgan fingerprint density at radius 3 is 2.78 bits per heavy atom. The van der Waals surface area contributed by atoms with Crippen molar-refractivity contribution < 1.29 is 27.5 Å². The van der Waals surface area contributed by atoms with E-state index >= 15 is 0 Å². The van der Waals surface area contributed by atoms with Crippen LogP contribution in [0.5, 0.6) is 0 Å². The molecule has 0 amide bonds. The molecule has 1 saturated heterocycles. The van der Waals surface area contributed by atoms with Gasteiger partial charge in [-0.1, -0.05) is 0 Å². The first-order valence-electron chi connectivity index (χ1n) is 5.66. The number of hydrogen-bond acceptors (Lipinski definition) is 5. The van der Waals surface area contributed by atoms with Crippen LogP contribution in [0.2, 0.25) is 0 Å². The lowest BCUT2D eigenvalue weighted by atomic mass is 10.2. The molecule has 2 heterocycles. The van der Waals surface area contributed by atoms with Gasteiger partial charge in [-0.15, -0.1) is 0 Å². The minimum Gasteiger partial charge on any atom is -0.475 e. The molecule has 18 heavy (non-hydrogen) atoms. The first kappa shape index (κ1) is 13.1. The van der Waals surface area contributed by atoms with Gasteiger partial charge in [-0.3, -0.25) is 0 Å². The van der Waals surface area contributed by atoms with Gasteiger partial charge in [0, 0.05) is 6.61 Å². The molecule has 0 radical (unpaired) electrons. The molecule has 0 bridgehead atoms. The quantitative estimate of drug-likeness (QED) is 0.870. The molecule has 1 N–H and O–H groups in total. The number of carboxylic acid groups (broad SMARTS) is 1. The third kappa shape index (κ3) is 2.91. The highest BCUT2D eigenvalue weighted by Crippen LogP contribution is 2.20. The van der Waals surface area contributed by atoms with Crippen molar-refractivity contribution in [1.29, 1.82) is 0 Å². The van der Waals surface area contributed by atoms with Crippen LogP contribution >= 0.6 is 0 Å². The Morgan fingerprint density at radius 1 is 1.44 bits per heavy atom. The second kappa shape index (κ2) is 5.11. The zero-order valence-electron chi connectivity index (χ0n) is 9.66. The number of ether oxygens (including phenoxy) is 1. The van der Waals surface area contributed by atoms with E-state index in [9.17, 15) is 13.2 Å². The summed E-state index contributed by atoms with van der Waals surface area (Å²) >= 11 is 0. The molecular formula is C11H14O6S. The summed E-state index contributed by atoms with van der Waals surface area (Å²) in [7, 11) is -3.57. The molecule has 6 nitrogen and oxygen atoms in total. The second-order valence-electron chi connectivity index (χ2n) is 4.17. The molecule has 0 aliphatic carbocycles. The van der Waals surface area contributed by atoms with Crippen LogP contribution in [0.3, 0.4) is 0 Å². The van der Waals surface area contributed by atoms with E-state index in [1.54, 1.807) is 0 Å². The van der Waals surface area contributed by atoms with Gasteiger partial charge in [-0.25, -0.2) is 13.2 Å². The molecule has 1 aliphatic heterocycles. The summed E-state index contributed by atoms with van der Waals surface area (Å²) in [4.78, 5) is 10.6. The maximum absolute atomic E-state index is 11.9. The maximum atomic E-state index is 11.9. The number of rotatable bonds is 5. The Balaban J connectivity index is 2.02. The summed E-state index contributed by atoms with van der Waals surface area (Å²) in [6, 6.07) is 2.32. The summed E-state index contributed by atoms with van der Waals surface area (Å²) in [5.74, 6) is -1.74. The summed E-state index contributed by atoms with van der Waals surface area (Å²) < 4.78 is 33.9. The SMILES string of the molecule is O=C(O)c1ccc(S(=O)(=O)CCC2CCCO2)o1. The maximum Gasteiger partial charge on any atom is 0.371 e. The highest BCUT2D eigenvalue weighted by atomic mass is 32.2. The van der Waals surface area contributed by atoms with Gasteiger partial charge in [0.25, 0.3) is 0 Å². The van der Waals surface area contributed by atoms with Gasteiger partial charge in [0.15, 0.2) is 0 Å². The van der Waals surface area contributed by atoms with Gasteiger partial charge in [-0.2, -0.15) is 0 Å². The van der Waals surface area contributed by atoms with Crippen molar-refractivity contribution in [3.8, 4) is 0 Å². The van der Waals surface area contributed by atoms with Crippen LogP contribution in [0.1, 0.15) is 29.8 Å². The van der Waals surface area contributed by atoms with E-state index in [2.05, 4.69) is 0 Å². The van der Waals surface area contributed by atoms with E-state index in [1.165, 1.54) is 6.07 Å². The van der Waals surface area contributed by atoms with Gasteiger partial charge in [0.05, 0.1) is 11.9 Å². The Kier molecular flexibility index (Phi) is 3.72. The predicted molar refractivity (Wildman–Crippen MR) is 61.3 cm³/mol. The van der Waals surface area contributed by atoms with Crippen molar-refractivity contribution in [3.05, 3.63) is 17.9 Å². The lowest BCUT2D eigenvalue weighted by Gasteiger charge is -2.08. The van der Waals surface area contributed by atoms with Crippen molar-refractivity contribution in [1.82, 2.24) is 0 Å². The number of sulfone groups is 1. The summed E-state index contributed by atoms with van der Waals surface area (Å²) in [5, 5.41) is 8.36. The van der Waals surface area contributed by atoms with Crippen molar-refractivity contribution in [2.24, 2.45) is 0 Å². The Labute approximate surface area is 104 Å². The molecule has 7 heteroatoms. The van der Waals surface area contributed by atoms with Gasteiger partial charge < -0.3 is 14.3 Å². The van der Waals surface area contributed by atoms with Crippen LogP contribution in [0, 0.1) is 0 Å². The monoisotopic (exact) mass is 274 g/mol. The van der Waals surface area contributed by atoms with Gasteiger partial charge in [0.1, 0.15) is 0 Å². The first-order valence-corrected chi connectivity index (χ1v) is 7.32. The van der Waals surface area contributed by atoms with Crippen LogP contribution in [0.4, 0.5) is 0 Å². The molecule has 0 aromatic carbocycles. The zero-order chi connectivity index (χ0) is 13.2. The highest BCUT2D eigenvalue weighted by molar-refractivity contribution is 7.91. The van der Waals surface area contributed by atoms with Gasteiger partial charge >= 0.3 is 5.97 Å². The van der Waals surface area contributed by atoms with Crippen LogP contribution in [-0.4, -0.2) is 38.0 Å². The molecule has 1 fully saturated rings. The van der Waals surface area contributed by atoms with E-state index in [0.717, 1.165) is 18.9 Å². The van der Waals surface area contributed by atoms with Crippen LogP contribution in [0.15, 0.2) is 21.6 Å². The number of furan rings is 1. The molecule has 1 aromatic heterocycles. The largest absolute Gasteiger partial charge is 0.475 e. The Hall–Kier alpha value is -1.34. The van der Waals surface area contributed by atoms with E-state index in [-0.39, 0.29) is 22.7 Å². The lowest BCUT2D eigenvalue weighted by molar-refractivity contribution is 0.0656. The molecule has 100 valence electrons.